The van der Waals surface area contributed by atoms with Crippen LogP contribution in [-0.4, -0.2) is 43.4 Å². The second kappa shape index (κ2) is 6.67. The molecule has 0 heterocycles. The summed E-state index contributed by atoms with van der Waals surface area (Å²) in [6.45, 7) is 0. The molecule has 11 heteroatoms. The quantitative estimate of drug-likeness (QED) is 0.256. The molecule has 8 nitrogen and oxygen atoms in total. The van der Waals surface area contributed by atoms with Gasteiger partial charge in [0.05, 0.1) is 0 Å². The first-order valence-electron chi connectivity index (χ1n) is 1.40. The van der Waals surface area contributed by atoms with Gasteiger partial charge in [-0.15, -0.1) is 0 Å². The van der Waals surface area contributed by atoms with Gasteiger partial charge in [-0.3, -0.25) is 9.11 Å². The molecular formula is H5NaO8STe. The first-order valence-corrected chi connectivity index (χ1v) is 6.78. The van der Waals surface area contributed by atoms with E-state index in [-0.39, 0.29) is 31.0 Å². The Morgan fingerprint density at radius 3 is 1.09 bits per heavy atom. The van der Waals surface area contributed by atoms with Crippen LogP contribution in [0.1, 0.15) is 1.43 Å². The molecule has 0 bridgehead atoms. The molecule has 0 aromatic heterocycles. The van der Waals surface area contributed by atoms with Gasteiger partial charge in [0.2, 0.25) is 0 Å². The molecule has 0 aromatic carbocycles. The molecule has 0 aliphatic heterocycles. The Morgan fingerprint density at radius 1 is 1.09 bits per heavy atom. The molecule has 66 valence electrons. The smallest absolute Gasteiger partial charge is 1.00 e. The molecule has 0 unspecified atom stereocenters. The SMILES string of the molecule is O=S(=O)(O)O.O=[Te](=O)(O)O.[H-].[Na+]. The van der Waals surface area contributed by atoms with Crippen LogP contribution in [0.25, 0.3) is 0 Å². The molecule has 0 saturated carbocycles. The predicted molar refractivity (Wildman–Crippen MR) is 26.9 cm³/mol. The van der Waals surface area contributed by atoms with Crippen LogP contribution in [0.15, 0.2) is 0 Å². The van der Waals surface area contributed by atoms with Gasteiger partial charge in [-0.2, -0.15) is 8.42 Å². The van der Waals surface area contributed by atoms with Crippen molar-refractivity contribution in [2.75, 3.05) is 0 Å². The fourth-order valence-electron chi connectivity index (χ4n) is 0. The van der Waals surface area contributed by atoms with Gasteiger partial charge < -0.3 is 1.43 Å². The van der Waals surface area contributed by atoms with Crippen LogP contribution < -0.4 is 29.6 Å². The van der Waals surface area contributed by atoms with Crippen molar-refractivity contribution in [1.82, 2.24) is 0 Å². The average molecular weight is 316 g/mol. The van der Waals surface area contributed by atoms with Crippen molar-refractivity contribution in [1.29, 1.82) is 0 Å². The number of rotatable bonds is 0. The van der Waals surface area contributed by atoms with Gasteiger partial charge in [-0.25, -0.2) is 0 Å². The zero-order chi connectivity index (χ0) is 9.00. The van der Waals surface area contributed by atoms with Gasteiger partial charge in [0, 0.05) is 0 Å². The van der Waals surface area contributed by atoms with Crippen molar-refractivity contribution in [3.05, 3.63) is 0 Å². The van der Waals surface area contributed by atoms with Crippen molar-refractivity contribution in [2.45, 2.75) is 0 Å². The van der Waals surface area contributed by atoms with E-state index in [0.717, 1.165) is 0 Å². The third-order valence-electron chi connectivity index (χ3n) is 0. The summed E-state index contributed by atoms with van der Waals surface area (Å²) in [5.74, 6) is 0. The second-order valence-corrected chi connectivity index (χ2v) is 4.35. The summed E-state index contributed by atoms with van der Waals surface area (Å²) >= 11 is -5.52. The fourth-order valence-corrected chi connectivity index (χ4v) is 0. The first-order chi connectivity index (χ1) is 4.00. The minimum absolute atomic E-state index is 0. The monoisotopic (exact) mass is 318 g/mol. The van der Waals surface area contributed by atoms with Crippen LogP contribution in [0.5, 0.6) is 0 Å². The minimum Gasteiger partial charge on any atom is -1.00 e. The zero-order valence-corrected chi connectivity index (χ0v) is 10.4. The van der Waals surface area contributed by atoms with Crippen molar-refractivity contribution < 1.29 is 61.7 Å². The molecule has 0 rings (SSSR count). The van der Waals surface area contributed by atoms with E-state index in [1.807, 2.05) is 0 Å². The van der Waals surface area contributed by atoms with Crippen molar-refractivity contribution in [2.24, 2.45) is 0 Å². The zero-order valence-electron chi connectivity index (χ0n) is 6.24. The molecular weight excluding hydrogens is 311 g/mol. The van der Waals surface area contributed by atoms with Crippen LogP contribution in [0.2, 0.25) is 0 Å². The molecule has 0 fully saturated rings. The van der Waals surface area contributed by atoms with Crippen LogP contribution in [0, 0.1) is 0 Å². The van der Waals surface area contributed by atoms with Crippen LogP contribution >= 0.6 is 0 Å². The van der Waals surface area contributed by atoms with E-state index < -0.39 is 29.4 Å². The van der Waals surface area contributed by atoms with Crippen molar-refractivity contribution in [3.8, 4) is 0 Å². The minimum atomic E-state index is -5.52. The Balaban J connectivity index is -0.0000000457. The third kappa shape index (κ3) is 677. The van der Waals surface area contributed by atoms with Crippen LogP contribution in [0.4, 0.5) is 0 Å². The molecule has 0 spiro atoms. The third-order valence-corrected chi connectivity index (χ3v) is 0. The van der Waals surface area contributed by atoms with Gasteiger partial charge >= 0.3 is 72.1 Å². The van der Waals surface area contributed by atoms with Gasteiger partial charge in [0.15, 0.2) is 0 Å². The van der Waals surface area contributed by atoms with Gasteiger partial charge in [-0.05, 0) is 0 Å². The van der Waals surface area contributed by atoms with E-state index in [9.17, 15) is 0 Å². The van der Waals surface area contributed by atoms with E-state index in [2.05, 4.69) is 0 Å². The summed E-state index contributed by atoms with van der Waals surface area (Å²) in [6, 6.07) is 0. The molecule has 4 N–H and O–H groups in total. The van der Waals surface area contributed by atoms with E-state index in [4.69, 9.17) is 30.7 Å². The summed E-state index contributed by atoms with van der Waals surface area (Å²) in [5, 5.41) is 0. The van der Waals surface area contributed by atoms with E-state index in [0.29, 0.717) is 0 Å². The Hall–Kier alpha value is 1.18. The standard InChI is InChI=1S/Na.H2O4S.H2O4Te.H/c;2*1-5(2,3)4;/h;2*(H2,1,2,3,4);/q+1;;;-1. The summed E-state index contributed by atoms with van der Waals surface area (Å²) in [7, 11) is -4.67. The average Bonchev–Trinajstić information content (AvgIpc) is 1.12. The fraction of sp³-hybridized carbons (Fsp3) is 0. The summed E-state index contributed by atoms with van der Waals surface area (Å²) in [5.41, 5.74) is 0. The van der Waals surface area contributed by atoms with E-state index in [1.165, 1.54) is 0 Å². The molecule has 0 aliphatic carbocycles. The molecule has 11 heavy (non-hydrogen) atoms. The number of hydrogen-bond donors (Lipinski definition) is 4. The Bertz CT molecular complexity index is 215. The van der Waals surface area contributed by atoms with Crippen molar-refractivity contribution in [3.63, 3.8) is 0 Å². The van der Waals surface area contributed by atoms with Gasteiger partial charge in [-0.1, -0.05) is 0 Å². The first kappa shape index (κ1) is 18.1. The molecule has 0 radical (unpaired) electrons. The van der Waals surface area contributed by atoms with Gasteiger partial charge in [0.25, 0.3) is 0 Å². The maximum atomic E-state index is 8.85. The van der Waals surface area contributed by atoms with Crippen LogP contribution in [-0.2, 0) is 16.6 Å². The van der Waals surface area contributed by atoms with E-state index in [1.54, 1.807) is 0 Å². The summed E-state index contributed by atoms with van der Waals surface area (Å²) < 4.78 is 63.6. The summed E-state index contributed by atoms with van der Waals surface area (Å²) in [6.07, 6.45) is 0. The Kier molecular flexibility index (Phi) is 11.0. The molecule has 0 atom stereocenters. The maximum Gasteiger partial charge on any atom is 1.00 e. The van der Waals surface area contributed by atoms with Crippen LogP contribution in [0.3, 0.4) is 0 Å². The van der Waals surface area contributed by atoms with Gasteiger partial charge in [0.1, 0.15) is 0 Å². The Labute approximate surface area is 90.2 Å². The summed E-state index contributed by atoms with van der Waals surface area (Å²) in [4.78, 5) is 0. The largest absolute Gasteiger partial charge is 1.00 e. The number of hydrogen-bond acceptors (Lipinski definition) is 4. The predicted octanol–water partition coefficient (Wildman–Crippen LogP) is -5.27. The molecule has 0 aromatic rings. The topological polar surface area (TPSA) is 149 Å². The molecule has 0 aliphatic rings. The normalized spacial score (nSPS) is 10.5. The Morgan fingerprint density at radius 2 is 1.09 bits per heavy atom. The second-order valence-electron chi connectivity index (χ2n) is 0.896. The molecule has 0 saturated heterocycles. The van der Waals surface area contributed by atoms with E-state index >= 15 is 0 Å². The maximum absolute atomic E-state index is 8.85. The molecule has 0 amide bonds. The van der Waals surface area contributed by atoms with Crippen molar-refractivity contribution >= 4 is 29.4 Å².